The molecule has 2 saturated heterocycles. The smallest absolute Gasteiger partial charge is 0.236 e. The van der Waals surface area contributed by atoms with Crippen molar-refractivity contribution in [3.63, 3.8) is 0 Å². The first-order valence-electron chi connectivity index (χ1n) is 7.54. The number of piperidine rings is 1. The highest BCUT2D eigenvalue weighted by atomic mass is 16.2. The van der Waals surface area contributed by atoms with Gasteiger partial charge in [-0.3, -0.25) is 9.69 Å². The topological polar surface area (TPSA) is 35.6 Å². The van der Waals surface area contributed by atoms with E-state index in [1.165, 1.54) is 38.8 Å². The molecule has 2 aliphatic rings. The van der Waals surface area contributed by atoms with Crippen LogP contribution in [-0.2, 0) is 4.79 Å². The van der Waals surface area contributed by atoms with Crippen LogP contribution in [0.5, 0.6) is 0 Å². The van der Waals surface area contributed by atoms with Crippen molar-refractivity contribution in [2.45, 2.75) is 45.1 Å². The number of hydrogen-bond donors (Lipinski definition) is 1. The van der Waals surface area contributed by atoms with Gasteiger partial charge in [-0.25, -0.2) is 0 Å². The van der Waals surface area contributed by atoms with Gasteiger partial charge in [-0.1, -0.05) is 6.92 Å². The molecule has 2 heterocycles. The molecule has 0 bridgehead atoms. The van der Waals surface area contributed by atoms with E-state index >= 15 is 0 Å². The highest BCUT2D eigenvalue weighted by Gasteiger charge is 2.28. The Morgan fingerprint density at radius 3 is 2.72 bits per heavy atom. The summed E-state index contributed by atoms with van der Waals surface area (Å²) in [5.74, 6) is 0.285. The number of amides is 1. The Morgan fingerprint density at radius 1 is 1.22 bits per heavy atom. The molecule has 4 nitrogen and oxygen atoms in total. The van der Waals surface area contributed by atoms with Gasteiger partial charge in [0.05, 0.1) is 6.54 Å². The van der Waals surface area contributed by atoms with Crippen LogP contribution in [0.4, 0.5) is 0 Å². The van der Waals surface area contributed by atoms with Gasteiger partial charge >= 0.3 is 0 Å². The zero-order valence-corrected chi connectivity index (χ0v) is 11.7. The molecule has 1 unspecified atom stereocenters. The molecule has 0 radical (unpaired) electrons. The normalized spacial score (nSPS) is 25.6. The van der Waals surface area contributed by atoms with Gasteiger partial charge in [-0.15, -0.1) is 0 Å². The van der Waals surface area contributed by atoms with Crippen molar-refractivity contribution in [2.75, 3.05) is 39.3 Å². The lowest BCUT2D eigenvalue weighted by molar-refractivity contribution is -0.132. The minimum absolute atomic E-state index is 0.285. The number of carbonyl (C=O) groups is 1. The van der Waals surface area contributed by atoms with E-state index in [2.05, 4.69) is 22.0 Å². The second-order valence-electron chi connectivity index (χ2n) is 5.56. The summed E-state index contributed by atoms with van der Waals surface area (Å²) in [6.45, 7) is 7.96. The summed E-state index contributed by atoms with van der Waals surface area (Å²) < 4.78 is 0. The third kappa shape index (κ3) is 3.69. The minimum Gasteiger partial charge on any atom is -0.340 e. The van der Waals surface area contributed by atoms with Crippen molar-refractivity contribution in [3.05, 3.63) is 0 Å². The van der Waals surface area contributed by atoms with E-state index < -0.39 is 0 Å². The maximum atomic E-state index is 12.1. The third-order valence-electron chi connectivity index (χ3n) is 4.11. The van der Waals surface area contributed by atoms with Crippen LogP contribution >= 0.6 is 0 Å². The quantitative estimate of drug-likeness (QED) is 0.745. The van der Waals surface area contributed by atoms with Gasteiger partial charge in [-0.2, -0.15) is 0 Å². The van der Waals surface area contributed by atoms with Gasteiger partial charge in [0.2, 0.25) is 5.91 Å². The predicted octanol–water partition coefficient (Wildman–Crippen LogP) is 1.07. The van der Waals surface area contributed by atoms with E-state index in [-0.39, 0.29) is 5.91 Å². The van der Waals surface area contributed by atoms with E-state index in [0.29, 0.717) is 12.6 Å². The van der Waals surface area contributed by atoms with Crippen LogP contribution in [0.1, 0.15) is 39.0 Å². The van der Waals surface area contributed by atoms with Gasteiger partial charge < -0.3 is 10.2 Å². The Kier molecular flexibility index (Phi) is 5.45. The van der Waals surface area contributed by atoms with Crippen molar-refractivity contribution in [1.82, 2.24) is 15.1 Å². The molecule has 2 aliphatic heterocycles. The zero-order valence-electron chi connectivity index (χ0n) is 11.7. The lowest BCUT2D eigenvalue weighted by Gasteiger charge is -2.37. The van der Waals surface area contributed by atoms with E-state index in [4.69, 9.17) is 0 Å². The van der Waals surface area contributed by atoms with E-state index in [1.807, 2.05) is 0 Å². The van der Waals surface area contributed by atoms with E-state index in [1.54, 1.807) is 0 Å². The molecule has 0 spiro atoms. The van der Waals surface area contributed by atoms with Gasteiger partial charge in [0.25, 0.3) is 0 Å². The van der Waals surface area contributed by atoms with Gasteiger partial charge in [0.15, 0.2) is 0 Å². The Morgan fingerprint density at radius 2 is 2.00 bits per heavy atom. The van der Waals surface area contributed by atoms with Gasteiger partial charge in [0, 0.05) is 19.1 Å². The van der Waals surface area contributed by atoms with Crippen LogP contribution < -0.4 is 5.32 Å². The first-order valence-corrected chi connectivity index (χ1v) is 7.54. The summed E-state index contributed by atoms with van der Waals surface area (Å²) >= 11 is 0. The fraction of sp³-hybridized carbons (Fsp3) is 0.929. The maximum Gasteiger partial charge on any atom is 0.236 e. The largest absolute Gasteiger partial charge is 0.340 e. The number of carbonyl (C=O) groups excluding carboxylic acids is 1. The van der Waals surface area contributed by atoms with Crippen LogP contribution in [0.25, 0.3) is 0 Å². The summed E-state index contributed by atoms with van der Waals surface area (Å²) in [7, 11) is 0. The number of hydrogen-bond acceptors (Lipinski definition) is 3. The molecule has 0 saturated carbocycles. The number of nitrogens with one attached hydrogen (secondary N) is 1. The summed E-state index contributed by atoms with van der Waals surface area (Å²) in [6, 6.07) is 0.622. The summed E-state index contributed by atoms with van der Waals surface area (Å²) in [5.41, 5.74) is 0. The Balaban J connectivity index is 1.76. The van der Waals surface area contributed by atoms with Crippen LogP contribution in [0, 0.1) is 0 Å². The average molecular weight is 253 g/mol. The molecule has 1 amide bonds. The first kappa shape index (κ1) is 13.8. The fourth-order valence-electron chi connectivity index (χ4n) is 3.07. The molecule has 1 N–H and O–H groups in total. The lowest BCUT2D eigenvalue weighted by Crippen LogP contribution is -2.50. The molecule has 0 aliphatic carbocycles. The first-order chi connectivity index (χ1) is 8.81. The van der Waals surface area contributed by atoms with Gasteiger partial charge in [0.1, 0.15) is 0 Å². The molecule has 2 fully saturated rings. The van der Waals surface area contributed by atoms with Crippen molar-refractivity contribution in [2.24, 2.45) is 0 Å². The highest BCUT2D eigenvalue weighted by molar-refractivity contribution is 5.78. The molecule has 104 valence electrons. The SMILES string of the molecule is CCCNCC(=O)N1CCCC(N2CCCC2)C1. The van der Waals surface area contributed by atoms with Crippen molar-refractivity contribution >= 4 is 5.91 Å². The fourth-order valence-corrected chi connectivity index (χ4v) is 3.07. The highest BCUT2D eigenvalue weighted by Crippen LogP contribution is 2.20. The van der Waals surface area contributed by atoms with Crippen molar-refractivity contribution in [1.29, 1.82) is 0 Å². The molecule has 1 atom stereocenters. The molecular formula is C14H27N3O. The van der Waals surface area contributed by atoms with Crippen LogP contribution in [0.3, 0.4) is 0 Å². The van der Waals surface area contributed by atoms with Crippen LogP contribution in [0.2, 0.25) is 0 Å². The Hall–Kier alpha value is -0.610. The molecule has 0 aromatic heterocycles. The Bertz CT molecular complexity index is 264. The average Bonchev–Trinajstić information content (AvgIpc) is 2.93. The zero-order chi connectivity index (χ0) is 12.8. The molecule has 0 aromatic carbocycles. The minimum atomic E-state index is 0.285. The van der Waals surface area contributed by atoms with Gasteiger partial charge in [-0.05, 0) is 51.7 Å². The predicted molar refractivity (Wildman–Crippen MR) is 73.6 cm³/mol. The molecule has 2 rings (SSSR count). The third-order valence-corrected chi connectivity index (χ3v) is 4.11. The van der Waals surface area contributed by atoms with E-state index in [9.17, 15) is 4.79 Å². The molecule has 18 heavy (non-hydrogen) atoms. The number of rotatable bonds is 5. The second kappa shape index (κ2) is 7.10. The summed E-state index contributed by atoms with van der Waals surface area (Å²) in [4.78, 5) is 16.7. The second-order valence-corrected chi connectivity index (χ2v) is 5.56. The maximum absolute atomic E-state index is 12.1. The van der Waals surface area contributed by atoms with Crippen molar-refractivity contribution in [3.8, 4) is 0 Å². The van der Waals surface area contributed by atoms with Crippen LogP contribution in [-0.4, -0.2) is 61.0 Å². The number of nitrogens with zero attached hydrogens (tertiary/aromatic N) is 2. The summed E-state index contributed by atoms with van der Waals surface area (Å²) in [6.07, 6.45) is 6.20. The lowest BCUT2D eigenvalue weighted by atomic mass is 10.0. The molecular weight excluding hydrogens is 226 g/mol. The molecule has 4 heteroatoms. The number of likely N-dealkylation sites (tertiary alicyclic amines) is 2. The van der Waals surface area contributed by atoms with E-state index in [0.717, 1.165) is 26.1 Å². The monoisotopic (exact) mass is 253 g/mol. The standard InChI is InChI=1S/C14H27N3O/c1-2-7-15-11-14(18)17-10-5-6-13(12-17)16-8-3-4-9-16/h13,15H,2-12H2,1H3. The van der Waals surface area contributed by atoms with Crippen molar-refractivity contribution < 1.29 is 4.79 Å². The summed E-state index contributed by atoms with van der Waals surface area (Å²) in [5, 5.41) is 3.21. The molecule has 0 aromatic rings. The van der Waals surface area contributed by atoms with Crippen LogP contribution in [0.15, 0.2) is 0 Å². The Labute approximate surface area is 111 Å².